The summed E-state index contributed by atoms with van der Waals surface area (Å²) in [7, 11) is 3.65. The normalized spacial score (nSPS) is 10.8. The number of amides is 2. The van der Waals surface area contributed by atoms with Crippen molar-refractivity contribution in [2.24, 2.45) is 0 Å². The molecule has 0 radical (unpaired) electrons. The van der Waals surface area contributed by atoms with Gasteiger partial charge in [-0.3, -0.25) is 20.4 Å². The first kappa shape index (κ1) is 19.1. The molecule has 6 nitrogen and oxygen atoms in total. The molecule has 0 fully saturated rings. The van der Waals surface area contributed by atoms with Gasteiger partial charge in [0.25, 0.3) is 11.8 Å². The number of hydrogen-bond donors (Lipinski definition) is 2. The highest BCUT2D eigenvalue weighted by atomic mass is 19.4. The van der Waals surface area contributed by atoms with E-state index in [0.717, 1.165) is 30.0 Å². The van der Waals surface area contributed by atoms with E-state index in [2.05, 4.69) is 15.6 Å². The fourth-order valence-electron chi connectivity index (χ4n) is 1.99. The second-order valence-corrected chi connectivity index (χ2v) is 5.43. The number of carbonyl (C=O) groups excluding carboxylic acids is 2. The Morgan fingerprint density at radius 1 is 0.923 bits per heavy atom. The number of halogens is 3. The zero-order valence-corrected chi connectivity index (χ0v) is 13.9. The van der Waals surface area contributed by atoms with E-state index in [0.29, 0.717) is 5.56 Å². The fourth-order valence-corrected chi connectivity index (χ4v) is 1.99. The summed E-state index contributed by atoms with van der Waals surface area (Å²) in [6, 6.07) is 11.0. The summed E-state index contributed by atoms with van der Waals surface area (Å²) < 4.78 is 40.0. The first-order chi connectivity index (χ1) is 12.2. The number of hydrogen-bond acceptors (Lipinski definition) is 4. The highest BCUT2D eigenvalue weighted by Crippen LogP contribution is 2.22. The van der Waals surface area contributed by atoms with Gasteiger partial charge in [0.2, 0.25) is 0 Å². The average Bonchev–Trinajstić information content (AvgIpc) is 2.58. The third kappa shape index (κ3) is 5.40. The minimum absolute atomic E-state index is 0.0573. The molecule has 0 aliphatic carbocycles. The number of rotatable bonds is 4. The van der Waals surface area contributed by atoms with Gasteiger partial charge in [0, 0.05) is 30.9 Å². The van der Waals surface area contributed by atoms with Crippen LogP contribution in [-0.2, 0) is 0 Å². The van der Waals surface area contributed by atoms with Crippen molar-refractivity contribution in [3.63, 3.8) is 0 Å². The minimum Gasteiger partial charge on any atom is -0.406 e. The maximum Gasteiger partial charge on any atom is 0.573 e. The van der Waals surface area contributed by atoms with Crippen molar-refractivity contribution in [3.05, 3.63) is 59.7 Å². The second kappa shape index (κ2) is 7.77. The molecule has 0 aliphatic rings. The van der Waals surface area contributed by atoms with Crippen LogP contribution in [0.1, 0.15) is 20.7 Å². The Bertz CT molecular complexity index is 790. The monoisotopic (exact) mass is 367 g/mol. The summed E-state index contributed by atoms with van der Waals surface area (Å²) in [5.41, 5.74) is 5.65. The first-order valence-corrected chi connectivity index (χ1v) is 7.39. The van der Waals surface area contributed by atoms with Gasteiger partial charge in [0.1, 0.15) is 5.75 Å². The Kier molecular flexibility index (Phi) is 5.71. The lowest BCUT2D eigenvalue weighted by atomic mass is 10.2. The van der Waals surface area contributed by atoms with Gasteiger partial charge in [-0.25, -0.2) is 0 Å². The molecule has 26 heavy (non-hydrogen) atoms. The number of alkyl halides is 3. The summed E-state index contributed by atoms with van der Waals surface area (Å²) in [5.74, 6) is -1.65. The van der Waals surface area contributed by atoms with Gasteiger partial charge in [-0.2, -0.15) is 0 Å². The lowest BCUT2D eigenvalue weighted by molar-refractivity contribution is -0.274. The van der Waals surface area contributed by atoms with Crippen molar-refractivity contribution in [2.75, 3.05) is 19.0 Å². The lowest BCUT2D eigenvalue weighted by Gasteiger charge is -2.14. The molecular weight excluding hydrogens is 351 g/mol. The van der Waals surface area contributed by atoms with Gasteiger partial charge in [-0.15, -0.1) is 13.2 Å². The largest absolute Gasteiger partial charge is 0.573 e. The Morgan fingerprint density at radius 3 is 2.04 bits per heavy atom. The lowest BCUT2D eigenvalue weighted by Crippen LogP contribution is -2.41. The molecule has 138 valence electrons. The van der Waals surface area contributed by atoms with Crippen LogP contribution in [0.25, 0.3) is 0 Å². The molecule has 9 heteroatoms. The van der Waals surface area contributed by atoms with Gasteiger partial charge in [-0.1, -0.05) is 6.07 Å². The number of benzene rings is 2. The highest BCUT2D eigenvalue weighted by molar-refractivity contribution is 5.99. The second-order valence-electron chi connectivity index (χ2n) is 5.43. The van der Waals surface area contributed by atoms with Gasteiger partial charge < -0.3 is 9.64 Å². The molecule has 0 saturated carbocycles. The minimum atomic E-state index is -4.81. The van der Waals surface area contributed by atoms with Crippen LogP contribution in [0, 0.1) is 0 Å². The topological polar surface area (TPSA) is 70.7 Å². The number of hydrazine groups is 1. The molecule has 0 atom stereocenters. The Labute approximate surface area is 147 Å². The fraction of sp³-hybridized carbons (Fsp3) is 0.176. The predicted octanol–water partition coefficient (Wildman–Crippen LogP) is 2.73. The van der Waals surface area contributed by atoms with Crippen molar-refractivity contribution in [2.45, 2.75) is 6.36 Å². The molecule has 0 aliphatic heterocycles. The average molecular weight is 367 g/mol. The van der Waals surface area contributed by atoms with E-state index in [-0.39, 0.29) is 5.56 Å². The standard InChI is InChI=1S/C17H16F3N3O3/c1-23(2)13-5-3-4-12(10-13)16(25)22-21-15(24)11-6-8-14(9-7-11)26-17(18,19)20/h3-10H,1-2H3,(H,21,24)(H,22,25). The van der Waals surface area contributed by atoms with Gasteiger partial charge >= 0.3 is 6.36 Å². The van der Waals surface area contributed by atoms with Crippen molar-refractivity contribution in [3.8, 4) is 5.75 Å². The summed E-state index contributed by atoms with van der Waals surface area (Å²) in [6.45, 7) is 0. The molecular formula is C17H16F3N3O3. The number of carbonyl (C=O) groups is 2. The van der Waals surface area contributed by atoms with Gasteiger partial charge in [0.05, 0.1) is 0 Å². The molecule has 2 aromatic rings. The maximum absolute atomic E-state index is 12.1. The highest BCUT2D eigenvalue weighted by Gasteiger charge is 2.31. The van der Waals surface area contributed by atoms with Crippen molar-refractivity contribution in [1.82, 2.24) is 10.9 Å². The smallest absolute Gasteiger partial charge is 0.406 e. The molecule has 0 saturated heterocycles. The zero-order valence-electron chi connectivity index (χ0n) is 13.9. The van der Waals surface area contributed by atoms with Crippen molar-refractivity contribution < 1.29 is 27.5 Å². The summed E-state index contributed by atoms with van der Waals surface area (Å²) in [5, 5.41) is 0. The van der Waals surface area contributed by atoms with E-state index < -0.39 is 23.9 Å². The third-order valence-corrected chi connectivity index (χ3v) is 3.26. The number of nitrogens with one attached hydrogen (secondary N) is 2. The van der Waals surface area contributed by atoms with Crippen molar-refractivity contribution >= 4 is 17.5 Å². The molecule has 0 spiro atoms. The molecule has 0 bridgehead atoms. The van der Waals surface area contributed by atoms with Crippen LogP contribution in [0.3, 0.4) is 0 Å². The number of anilines is 1. The van der Waals surface area contributed by atoms with Crippen molar-refractivity contribution in [1.29, 1.82) is 0 Å². The van der Waals surface area contributed by atoms with Crippen LogP contribution < -0.4 is 20.5 Å². The van der Waals surface area contributed by atoms with Crippen LogP contribution in [-0.4, -0.2) is 32.3 Å². The van der Waals surface area contributed by atoms with E-state index in [1.165, 1.54) is 0 Å². The Hall–Kier alpha value is -3.23. The molecule has 2 rings (SSSR count). The number of ether oxygens (including phenoxy) is 1. The summed E-state index contributed by atoms with van der Waals surface area (Å²) in [4.78, 5) is 25.9. The predicted molar refractivity (Wildman–Crippen MR) is 88.8 cm³/mol. The molecule has 0 unspecified atom stereocenters. The Morgan fingerprint density at radius 2 is 1.50 bits per heavy atom. The van der Waals surface area contributed by atoms with Crippen LogP contribution in [0.4, 0.5) is 18.9 Å². The molecule has 2 amide bonds. The first-order valence-electron chi connectivity index (χ1n) is 7.39. The van der Waals surface area contributed by atoms with Gasteiger partial charge in [-0.05, 0) is 42.5 Å². The third-order valence-electron chi connectivity index (χ3n) is 3.26. The van der Waals surface area contributed by atoms with E-state index >= 15 is 0 Å². The van der Waals surface area contributed by atoms with E-state index in [1.807, 2.05) is 25.1 Å². The van der Waals surface area contributed by atoms with Crippen LogP contribution in [0.2, 0.25) is 0 Å². The zero-order chi connectivity index (χ0) is 19.3. The summed E-state index contributed by atoms with van der Waals surface area (Å²) in [6.07, 6.45) is -4.81. The van der Waals surface area contributed by atoms with E-state index in [1.54, 1.807) is 18.2 Å². The van der Waals surface area contributed by atoms with E-state index in [4.69, 9.17) is 0 Å². The SMILES string of the molecule is CN(C)c1cccc(C(=O)NNC(=O)c2ccc(OC(F)(F)F)cc2)c1. The number of nitrogens with zero attached hydrogens (tertiary/aromatic N) is 1. The molecule has 0 heterocycles. The maximum atomic E-state index is 12.1. The van der Waals surface area contributed by atoms with Crippen LogP contribution >= 0.6 is 0 Å². The quantitative estimate of drug-likeness (QED) is 0.816. The van der Waals surface area contributed by atoms with Crippen LogP contribution in [0.5, 0.6) is 5.75 Å². The Balaban J connectivity index is 1.95. The van der Waals surface area contributed by atoms with Gasteiger partial charge in [0.15, 0.2) is 0 Å². The van der Waals surface area contributed by atoms with Crippen LogP contribution in [0.15, 0.2) is 48.5 Å². The van der Waals surface area contributed by atoms with E-state index in [9.17, 15) is 22.8 Å². The molecule has 0 aromatic heterocycles. The molecule has 2 N–H and O–H groups in total. The molecule has 2 aromatic carbocycles. The summed E-state index contributed by atoms with van der Waals surface area (Å²) >= 11 is 0.